The molecule has 2 aromatic rings. The summed E-state index contributed by atoms with van der Waals surface area (Å²) in [6.45, 7) is 6.04. The van der Waals surface area contributed by atoms with Crippen LogP contribution in [0, 0.1) is 20.8 Å². The normalized spacial score (nSPS) is 10.3. The van der Waals surface area contributed by atoms with Crippen LogP contribution in [0.2, 0.25) is 0 Å². The average Bonchev–Trinajstić information content (AvgIpc) is 2.33. The standard InChI is InChI=1S/C16H17NO2/c1-10-6-13(16(17)18)9-15(7-10)19-14-5-4-11(2)12(3)8-14/h4-9H,1-3H3,(H2,17,18)/p+1. The van der Waals surface area contributed by atoms with Crippen LogP contribution in [0.5, 0.6) is 11.5 Å². The van der Waals surface area contributed by atoms with Gasteiger partial charge in [0.1, 0.15) is 11.5 Å². The van der Waals surface area contributed by atoms with E-state index in [1.807, 2.05) is 44.2 Å². The maximum absolute atomic E-state index is 11.3. The van der Waals surface area contributed by atoms with Crippen LogP contribution in [-0.2, 0) is 0 Å². The molecule has 3 heteroatoms. The molecule has 19 heavy (non-hydrogen) atoms. The van der Waals surface area contributed by atoms with Gasteiger partial charge in [-0.2, -0.15) is 0 Å². The third-order valence-corrected chi connectivity index (χ3v) is 3.09. The molecule has 0 saturated heterocycles. The van der Waals surface area contributed by atoms with E-state index in [1.165, 1.54) is 11.1 Å². The van der Waals surface area contributed by atoms with Crippen molar-refractivity contribution in [3.63, 3.8) is 0 Å². The third kappa shape index (κ3) is 3.20. The van der Waals surface area contributed by atoms with Gasteiger partial charge in [0.15, 0.2) is 0 Å². The number of amides is 1. The van der Waals surface area contributed by atoms with Crippen LogP contribution in [0.4, 0.5) is 0 Å². The van der Waals surface area contributed by atoms with Crippen LogP contribution in [0.3, 0.4) is 0 Å². The number of hydrogen-bond acceptors (Lipinski definition) is 2. The summed E-state index contributed by atoms with van der Waals surface area (Å²) in [6.07, 6.45) is 0. The molecule has 0 spiro atoms. The van der Waals surface area contributed by atoms with Crippen LogP contribution in [0.1, 0.15) is 27.0 Å². The van der Waals surface area contributed by atoms with Crippen molar-refractivity contribution in [2.45, 2.75) is 20.8 Å². The molecular weight excluding hydrogens is 238 g/mol. The highest BCUT2D eigenvalue weighted by Crippen LogP contribution is 2.25. The monoisotopic (exact) mass is 256 g/mol. The lowest BCUT2D eigenvalue weighted by Crippen LogP contribution is -2.56. The van der Waals surface area contributed by atoms with Gasteiger partial charge in [0, 0.05) is 0 Å². The number of aryl methyl sites for hydroxylation is 3. The molecule has 0 fully saturated rings. The first-order valence-corrected chi connectivity index (χ1v) is 6.19. The zero-order valence-electron chi connectivity index (χ0n) is 11.5. The summed E-state index contributed by atoms with van der Waals surface area (Å²) < 4.78 is 5.81. The molecule has 3 nitrogen and oxygen atoms in total. The van der Waals surface area contributed by atoms with E-state index in [9.17, 15) is 4.79 Å². The minimum atomic E-state index is -0.200. The molecule has 0 radical (unpaired) electrons. The SMILES string of the molecule is Cc1cc(Oc2ccc(C)c(C)c2)cc(C([NH3+])=O)c1. The molecule has 0 aliphatic heterocycles. The van der Waals surface area contributed by atoms with E-state index in [0.717, 1.165) is 11.3 Å². The highest BCUT2D eigenvalue weighted by Gasteiger charge is 2.08. The van der Waals surface area contributed by atoms with Crippen LogP contribution in [0.15, 0.2) is 36.4 Å². The van der Waals surface area contributed by atoms with E-state index in [-0.39, 0.29) is 5.91 Å². The fourth-order valence-corrected chi connectivity index (χ4v) is 1.88. The average molecular weight is 256 g/mol. The molecule has 2 aromatic carbocycles. The zero-order valence-corrected chi connectivity index (χ0v) is 11.5. The molecule has 0 unspecified atom stereocenters. The lowest BCUT2D eigenvalue weighted by atomic mass is 10.1. The Kier molecular flexibility index (Phi) is 3.67. The summed E-state index contributed by atoms with van der Waals surface area (Å²) in [5.74, 6) is 1.24. The minimum Gasteiger partial charge on any atom is -0.457 e. The van der Waals surface area contributed by atoms with E-state index in [0.29, 0.717) is 11.3 Å². The highest BCUT2D eigenvalue weighted by atomic mass is 16.5. The van der Waals surface area contributed by atoms with Crippen LogP contribution < -0.4 is 10.5 Å². The Morgan fingerprint density at radius 2 is 1.68 bits per heavy atom. The number of carbonyl (C=O) groups excluding carboxylic acids is 1. The van der Waals surface area contributed by atoms with Crippen LogP contribution >= 0.6 is 0 Å². The van der Waals surface area contributed by atoms with Crippen molar-refractivity contribution in [2.75, 3.05) is 0 Å². The summed E-state index contributed by atoms with van der Waals surface area (Å²) in [7, 11) is 0. The predicted molar refractivity (Wildman–Crippen MR) is 74.4 cm³/mol. The van der Waals surface area contributed by atoms with Gasteiger partial charge in [0.05, 0.1) is 5.56 Å². The van der Waals surface area contributed by atoms with Crippen molar-refractivity contribution in [2.24, 2.45) is 0 Å². The Labute approximate surface area is 113 Å². The van der Waals surface area contributed by atoms with Gasteiger partial charge >= 0.3 is 5.91 Å². The number of hydrogen-bond donors (Lipinski definition) is 1. The molecule has 98 valence electrons. The molecule has 0 aliphatic rings. The van der Waals surface area contributed by atoms with Gasteiger partial charge in [-0.25, -0.2) is 4.79 Å². The van der Waals surface area contributed by atoms with Gasteiger partial charge < -0.3 is 4.74 Å². The Balaban J connectivity index is 2.32. The van der Waals surface area contributed by atoms with Crippen molar-refractivity contribution < 1.29 is 15.3 Å². The van der Waals surface area contributed by atoms with Gasteiger partial charge in [-0.15, -0.1) is 0 Å². The zero-order chi connectivity index (χ0) is 14.0. The number of quaternary nitrogens is 1. The van der Waals surface area contributed by atoms with E-state index in [4.69, 9.17) is 4.74 Å². The minimum absolute atomic E-state index is 0.200. The van der Waals surface area contributed by atoms with Crippen LogP contribution in [0.25, 0.3) is 0 Å². The van der Waals surface area contributed by atoms with Gasteiger partial charge in [0.2, 0.25) is 0 Å². The van der Waals surface area contributed by atoms with Crippen molar-refractivity contribution in [3.05, 3.63) is 58.7 Å². The quantitative estimate of drug-likeness (QED) is 0.918. The molecule has 0 atom stereocenters. The molecule has 2 rings (SSSR count). The number of rotatable bonds is 3. The fourth-order valence-electron chi connectivity index (χ4n) is 1.88. The first-order chi connectivity index (χ1) is 8.95. The van der Waals surface area contributed by atoms with Crippen LogP contribution in [-0.4, -0.2) is 5.91 Å². The van der Waals surface area contributed by atoms with Gasteiger partial charge in [-0.05, 0) is 67.8 Å². The van der Waals surface area contributed by atoms with Crippen molar-refractivity contribution in [1.29, 1.82) is 0 Å². The number of ether oxygens (including phenoxy) is 1. The second kappa shape index (κ2) is 5.24. The third-order valence-electron chi connectivity index (χ3n) is 3.09. The largest absolute Gasteiger partial charge is 0.457 e. The lowest BCUT2D eigenvalue weighted by molar-refractivity contribution is -0.255. The van der Waals surface area contributed by atoms with E-state index in [2.05, 4.69) is 12.7 Å². The van der Waals surface area contributed by atoms with Crippen molar-refractivity contribution in [1.82, 2.24) is 0 Å². The number of carbonyl (C=O) groups is 1. The molecule has 1 amide bonds. The Bertz CT molecular complexity index is 633. The maximum atomic E-state index is 11.3. The van der Waals surface area contributed by atoms with E-state index >= 15 is 0 Å². The maximum Gasteiger partial charge on any atom is 0.341 e. The Morgan fingerprint density at radius 1 is 0.947 bits per heavy atom. The van der Waals surface area contributed by atoms with E-state index in [1.54, 1.807) is 6.07 Å². The predicted octanol–water partition coefficient (Wildman–Crippen LogP) is 2.79. The van der Waals surface area contributed by atoms with Gasteiger partial charge in [0.25, 0.3) is 0 Å². The fraction of sp³-hybridized carbons (Fsp3) is 0.188. The lowest BCUT2D eigenvalue weighted by Gasteiger charge is -2.09. The van der Waals surface area contributed by atoms with Gasteiger partial charge in [-0.3, -0.25) is 5.73 Å². The highest BCUT2D eigenvalue weighted by molar-refractivity contribution is 5.86. The Morgan fingerprint density at radius 3 is 2.32 bits per heavy atom. The smallest absolute Gasteiger partial charge is 0.341 e. The molecule has 0 heterocycles. The molecule has 0 aliphatic carbocycles. The molecule has 0 aromatic heterocycles. The summed E-state index contributed by atoms with van der Waals surface area (Å²) >= 11 is 0. The van der Waals surface area contributed by atoms with E-state index < -0.39 is 0 Å². The van der Waals surface area contributed by atoms with Crippen molar-refractivity contribution >= 4 is 5.91 Å². The first kappa shape index (κ1) is 13.3. The van der Waals surface area contributed by atoms with Crippen molar-refractivity contribution in [3.8, 4) is 11.5 Å². The molecule has 0 saturated carbocycles. The first-order valence-electron chi connectivity index (χ1n) is 6.19. The summed E-state index contributed by atoms with van der Waals surface area (Å²) in [6, 6.07) is 11.4. The topological polar surface area (TPSA) is 53.9 Å². The summed E-state index contributed by atoms with van der Waals surface area (Å²) in [5, 5.41) is 0. The molecule has 0 bridgehead atoms. The second-order valence-corrected chi connectivity index (χ2v) is 4.81. The molecule has 3 N–H and O–H groups in total. The Hall–Kier alpha value is -2.13. The van der Waals surface area contributed by atoms with Gasteiger partial charge in [-0.1, -0.05) is 6.07 Å². The summed E-state index contributed by atoms with van der Waals surface area (Å²) in [5.41, 5.74) is 7.38. The second-order valence-electron chi connectivity index (χ2n) is 4.81. The summed E-state index contributed by atoms with van der Waals surface area (Å²) in [4.78, 5) is 11.3. The number of benzene rings is 2. The molecular formula is C16H18NO2+.